The SMILES string of the molecule is N.[I][Cu][I]. The van der Waals surface area contributed by atoms with Gasteiger partial charge in [0.15, 0.2) is 0 Å². The molecule has 0 atom stereocenters. The van der Waals surface area contributed by atoms with Gasteiger partial charge in [-0.25, -0.2) is 0 Å². The molecule has 0 aromatic rings. The van der Waals surface area contributed by atoms with Crippen LogP contribution < -0.4 is 6.15 Å². The van der Waals surface area contributed by atoms with Gasteiger partial charge < -0.3 is 6.15 Å². The molecule has 0 saturated carbocycles. The van der Waals surface area contributed by atoms with E-state index in [4.69, 9.17) is 0 Å². The Balaban J connectivity index is 0. The molecule has 0 aromatic carbocycles. The number of rotatable bonds is 0. The van der Waals surface area contributed by atoms with Crippen molar-refractivity contribution in [2.24, 2.45) is 0 Å². The van der Waals surface area contributed by atoms with Crippen molar-refractivity contribution in [1.29, 1.82) is 0 Å². The van der Waals surface area contributed by atoms with E-state index in [1.807, 2.05) is 0 Å². The van der Waals surface area contributed by atoms with Crippen molar-refractivity contribution in [1.82, 2.24) is 6.15 Å². The molecule has 0 bridgehead atoms. The molecule has 0 aliphatic heterocycles. The normalized spacial score (nSPS) is 5.50. The van der Waals surface area contributed by atoms with Crippen molar-refractivity contribution in [2.75, 3.05) is 0 Å². The first-order chi connectivity index (χ1) is 1.41. The molecule has 0 amide bonds. The first-order valence-electron chi connectivity index (χ1n) is 0.228. The number of halogens is 2. The van der Waals surface area contributed by atoms with Crippen molar-refractivity contribution in [3.05, 3.63) is 0 Å². The second kappa shape index (κ2) is 8.87. The van der Waals surface area contributed by atoms with Crippen LogP contribution in [0.25, 0.3) is 0 Å². The van der Waals surface area contributed by atoms with Crippen LogP contribution in [0.2, 0.25) is 0 Å². The van der Waals surface area contributed by atoms with Crippen LogP contribution in [0, 0.1) is 0 Å². The van der Waals surface area contributed by atoms with Crippen LogP contribution >= 0.6 is 40.7 Å². The molecule has 0 unspecified atom stereocenters. The van der Waals surface area contributed by atoms with Gasteiger partial charge in [-0.15, -0.1) is 0 Å². The summed E-state index contributed by atoms with van der Waals surface area (Å²) in [6.45, 7) is 0. The van der Waals surface area contributed by atoms with Crippen LogP contribution in [0.15, 0.2) is 0 Å². The molecule has 3 N–H and O–H groups in total. The second-order valence-corrected chi connectivity index (χ2v) is 7.99. The summed E-state index contributed by atoms with van der Waals surface area (Å²) in [5.41, 5.74) is 0. The zero-order valence-electron chi connectivity index (χ0n) is 1.76. The van der Waals surface area contributed by atoms with Crippen molar-refractivity contribution in [2.45, 2.75) is 0 Å². The van der Waals surface area contributed by atoms with Crippen LogP contribution in [0.4, 0.5) is 0 Å². The minimum atomic E-state index is 0. The molecule has 0 rings (SSSR count). The van der Waals surface area contributed by atoms with Crippen LogP contribution in [0.5, 0.6) is 0 Å². The average molecular weight is 334 g/mol. The molecule has 4 heteroatoms. The van der Waals surface area contributed by atoms with Crippen LogP contribution in [-0.4, -0.2) is 0 Å². The Kier molecular flexibility index (Phi) is 20.7. The van der Waals surface area contributed by atoms with Crippen molar-refractivity contribution >= 4 is 40.7 Å². The molecule has 0 spiro atoms. The van der Waals surface area contributed by atoms with E-state index in [1.165, 1.54) is 0 Å². The standard InChI is InChI=1S/Cu.2HI.H3N/h;2*1H;1H3/q+2;;;/p-2. The van der Waals surface area contributed by atoms with Crippen LogP contribution in [0.1, 0.15) is 0 Å². The molecule has 0 aromatic heterocycles. The summed E-state index contributed by atoms with van der Waals surface area (Å²) in [7, 11) is 1.75. The van der Waals surface area contributed by atoms with Gasteiger partial charge in [0, 0.05) is 0 Å². The summed E-state index contributed by atoms with van der Waals surface area (Å²) >= 11 is 4.36. The van der Waals surface area contributed by atoms with E-state index >= 15 is 0 Å². The molecule has 0 saturated heterocycles. The number of hydrogen-bond donors (Lipinski definition) is 1. The maximum atomic E-state index is 2.18. The predicted molar refractivity (Wildman–Crippen MR) is 33.1 cm³/mol. The van der Waals surface area contributed by atoms with Gasteiger partial charge in [0.05, 0.1) is 0 Å². The van der Waals surface area contributed by atoms with E-state index in [0.29, 0.717) is 0 Å². The van der Waals surface area contributed by atoms with Crippen molar-refractivity contribution in [3.63, 3.8) is 0 Å². The molecule has 0 aliphatic carbocycles. The Morgan fingerprint density at radius 3 is 1.25 bits per heavy atom. The molecular formula is H3CuI2N. The Morgan fingerprint density at radius 2 is 1.25 bits per heavy atom. The molecule has 0 fully saturated rings. The van der Waals surface area contributed by atoms with Gasteiger partial charge in [-0.05, 0) is 0 Å². The molecule has 0 aliphatic rings. The van der Waals surface area contributed by atoms with Crippen molar-refractivity contribution < 1.29 is 8.46 Å². The Hall–Kier alpha value is 1.94. The average Bonchev–Trinajstić information content (AvgIpc) is 0.918. The predicted octanol–water partition coefficient (Wildman–Crippen LogP) is 1.93. The molecule has 0 radical (unpaired) electrons. The third-order valence-corrected chi connectivity index (χ3v) is 0. The monoisotopic (exact) mass is 334 g/mol. The fourth-order valence-electron chi connectivity index (χ4n) is 0. The summed E-state index contributed by atoms with van der Waals surface area (Å²) in [6.07, 6.45) is 0. The molecule has 1 nitrogen and oxygen atoms in total. The summed E-state index contributed by atoms with van der Waals surface area (Å²) in [6, 6.07) is 0. The van der Waals surface area contributed by atoms with E-state index < -0.39 is 0 Å². The van der Waals surface area contributed by atoms with Gasteiger partial charge in [0.2, 0.25) is 0 Å². The Morgan fingerprint density at radius 1 is 1.25 bits per heavy atom. The first kappa shape index (κ1) is 9.34. The summed E-state index contributed by atoms with van der Waals surface area (Å²) in [5.74, 6) is 0. The van der Waals surface area contributed by atoms with Crippen molar-refractivity contribution in [3.8, 4) is 0 Å². The maximum absolute atomic E-state index is 2.18. The van der Waals surface area contributed by atoms with E-state index in [1.54, 1.807) is 8.46 Å². The third-order valence-electron chi connectivity index (χ3n) is 0. The fraction of sp³-hybridized carbons (Fsp3) is 0. The zero-order chi connectivity index (χ0) is 2.71. The summed E-state index contributed by atoms with van der Waals surface area (Å²) < 4.78 is 0. The zero-order valence-corrected chi connectivity index (χ0v) is 7.02. The molecular weight excluding hydrogens is 331 g/mol. The Labute approximate surface area is 54.5 Å². The number of hydrogen-bond acceptors (Lipinski definition) is 1. The molecule has 33 valence electrons. The van der Waals surface area contributed by atoms with E-state index in [-0.39, 0.29) is 6.15 Å². The van der Waals surface area contributed by atoms with Gasteiger partial charge in [-0.3, -0.25) is 0 Å². The summed E-state index contributed by atoms with van der Waals surface area (Å²) in [5, 5.41) is 0. The van der Waals surface area contributed by atoms with Gasteiger partial charge in [-0.1, -0.05) is 0 Å². The van der Waals surface area contributed by atoms with Crippen LogP contribution in [0.3, 0.4) is 0 Å². The van der Waals surface area contributed by atoms with Gasteiger partial charge in [-0.2, -0.15) is 0 Å². The quantitative estimate of drug-likeness (QED) is 0.533. The van der Waals surface area contributed by atoms with E-state index in [9.17, 15) is 0 Å². The fourth-order valence-corrected chi connectivity index (χ4v) is 0. The van der Waals surface area contributed by atoms with Crippen LogP contribution in [-0.2, 0) is 8.46 Å². The third kappa shape index (κ3) is 9.05. The van der Waals surface area contributed by atoms with Gasteiger partial charge in [0.25, 0.3) is 0 Å². The minimum absolute atomic E-state index is 0. The molecule has 4 heavy (non-hydrogen) atoms. The molecule has 0 heterocycles. The van der Waals surface area contributed by atoms with E-state index in [2.05, 4.69) is 40.7 Å². The Bertz CT molecular complexity index is 6.00. The first-order valence-corrected chi connectivity index (χ1v) is 6.30. The second-order valence-electron chi connectivity index (χ2n) is 0.0431. The van der Waals surface area contributed by atoms with Gasteiger partial charge in [0.1, 0.15) is 0 Å². The topological polar surface area (TPSA) is 35.0 Å². The summed E-state index contributed by atoms with van der Waals surface area (Å²) in [4.78, 5) is 0. The van der Waals surface area contributed by atoms with Gasteiger partial charge >= 0.3 is 49.1 Å². The van der Waals surface area contributed by atoms with E-state index in [0.717, 1.165) is 0 Å².